The first-order valence-corrected chi connectivity index (χ1v) is 4.93. The van der Waals surface area contributed by atoms with Crippen molar-refractivity contribution in [3.63, 3.8) is 0 Å². The van der Waals surface area contributed by atoms with E-state index >= 15 is 0 Å². The van der Waals surface area contributed by atoms with Gasteiger partial charge in [0.2, 0.25) is 0 Å². The molecule has 0 spiro atoms. The van der Waals surface area contributed by atoms with Gasteiger partial charge in [0.25, 0.3) is 0 Å². The molecule has 11 heavy (non-hydrogen) atoms. The highest BCUT2D eigenvalue weighted by Crippen LogP contribution is 2.51. The second kappa shape index (κ2) is 2.32. The lowest BCUT2D eigenvalue weighted by Gasteiger charge is -2.17. The first-order chi connectivity index (χ1) is 5.26. The number of nitrogens with two attached hydrogens (primary N) is 1. The van der Waals surface area contributed by atoms with Gasteiger partial charge < -0.3 is 5.73 Å². The molecular formula is C9H13NS. The Bertz CT molecular complexity index is 234. The molecular weight excluding hydrogens is 154 g/mol. The maximum absolute atomic E-state index is 5.93. The van der Waals surface area contributed by atoms with Crippen LogP contribution in [0.3, 0.4) is 0 Å². The van der Waals surface area contributed by atoms with Gasteiger partial charge in [-0.3, -0.25) is 0 Å². The van der Waals surface area contributed by atoms with Gasteiger partial charge in [0, 0.05) is 16.3 Å². The van der Waals surface area contributed by atoms with Gasteiger partial charge in [-0.25, -0.2) is 0 Å². The second-order valence-corrected chi connectivity index (χ2v) is 4.37. The van der Waals surface area contributed by atoms with E-state index in [2.05, 4.69) is 24.4 Å². The molecule has 0 aromatic carbocycles. The summed E-state index contributed by atoms with van der Waals surface area (Å²) in [6.07, 6.45) is 2.57. The van der Waals surface area contributed by atoms with Crippen LogP contribution in [0.2, 0.25) is 0 Å². The Hall–Kier alpha value is -0.340. The summed E-state index contributed by atoms with van der Waals surface area (Å²) in [7, 11) is 0. The SMILES string of the molecule is CC(N)C1(c2cccs2)CC1. The van der Waals surface area contributed by atoms with Crippen LogP contribution in [-0.4, -0.2) is 6.04 Å². The second-order valence-electron chi connectivity index (χ2n) is 3.42. The van der Waals surface area contributed by atoms with E-state index in [9.17, 15) is 0 Å². The molecule has 0 saturated heterocycles. The fourth-order valence-electron chi connectivity index (χ4n) is 1.62. The Balaban J connectivity index is 2.29. The zero-order valence-corrected chi connectivity index (χ0v) is 7.53. The summed E-state index contributed by atoms with van der Waals surface area (Å²) in [5, 5.41) is 2.14. The van der Waals surface area contributed by atoms with Gasteiger partial charge in [0.05, 0.1) is 0 Å². The van der Waals surface area contributed by atoms with Crippen LogP contribution in [0.15, 0.2) is 17.5 Å². The molecule has 1 aromatic rings. The maximum atomic E-state index is 5.93. The van der Waals surface area contributed by atoms with Crippen LogP contribution in [0.4, 0.5) is 0 Å². The van der Waals surface area contributed by atoms with Crippen LogP contribution >= 0.6 is 11.3 Å². The highest BCUT2D eigenvalue weighted by Gasteiger charge is 2.48. The first-order valence-electron chi connectivity index (χ1n) is 4.05. The minimum atomic E-state index is 0.321. The zero-order valence-electron chi connectivity index (χ0n) is 6.71. The van der Waals surface area contributed by atoms with Gasteiger partial charge in [-0.05, 0) is 31.2 Å². The topological polar surface area (TPSA) is 26.0 Å². The van der Waals surface area contributed by atoms with Crippen molar-refractivity contribution in [2.75, 3.05) is 0 Å². The summed E-state index contributed by atoms with van der Waals surface area (Å²) in [6.45, 7) is 2.12. The van der Waals surface area contributed by atoms with Crippen molar-refractivity contribution in [2.24, 2.45) is 5.73 Å². The Morgan fingerprint density at radius 3 is 2.73 bits per heavy atom. The van der Waals surface area contributed by atoms with Crippen molar-refractivity contribution in [3.8, 4) is 0 Å². The summed E-state index contributed by atoms with van der Waals surface area (Å²) in [5.74, 6) is 0. The molecule has 1 saturated carbocycles. The monoisotopic (exact) mass is 167 g/mol. The maximum Gasteiger partial charge on any atom is 0.0196 e. The third-order valence-electron chi connectivity index (χ3n) is 2.67. The summed E-state index contributed by atoms with van der Waals surface area (Å²) < 4.78 is 0. The lowest BCUT2D eigenvalue weighted by molar-refractivity contribution is 0.566. The van der Waals surface area contributed by atoms with Crippen LogP contribution in [-0.2, 0) is 5.41 Å². The predicted octanol–water partition coefficient (Wildman–Crippen LogP) is 2.13. The molecule has 0 bridgehead atoms. The largest absolute Gasteiger partial charge is 0.327 e. The van der Waals surface area contributed by atoms with E-state index in [1.54, 1.807) is 0 Å². The molecule has 2 N–H and O–H groups in total. The molecule has 2 rings (SSSR count). The van der Waals surface area contributed by atoms with Crippen molar-refractivity contribution in [3.05, 3.63) is 22.4 Å². The van der Waals surface area contributed by atoms with Crippen molar-refractivity contribution in [1.82, 2.24) is 0 Å². The number of rotatable bonds is 2. The molecule has 0 aliphatic heterocycles. The lowest BCUT2D eigenvalue weighted by Crippen LogP contribution is -2.30. The Morgan fingerprint density at radius 2 is 2.36 bits per heavy atom. The molecule has 1 atom stereocenters. The van der Waals surface area contributed by atoms with Gasteiger partial charge in [-0.1, -0.05) is 6.07 Å². The standard InChI is InChI=1S/C9H13NS/c1-7(10)9(4-5-9)8-3-2-6-11-8/h2-3,6-7H,4-5,10H2,1H3. The predicted molar refractivity (Wildman–Crippen MR) is 48.9 cm³/mol. The highest BCUT2D eigenvalue weighted by molar-refractivity contribution is 7.10. The summed E-state index contributed by atoms with van der Waals surface area (Å²) >= 11 is 1.84. The third-order valence-corrected chi connectivity index (χ3v) is 3.76. The Labute approximate surface area is 71.2 Å². The van der Waals surface area contributed by atoms with E-state index in [1.165, 1.54) is 17.7 Å². The van der Waals surface area contributed by atoms with Crippen LogP contribution in [0.25, 0.3) is 0 Å². The molecule has 0 amide bonds. The van der Waals surface area contributed by atoms with E-state index in [1.807, 2.05) is 11.3 Å². The number of hydrogen-bond acceptors (Lipinski definition) is 2. The smallest absolute Gasteiger partial charge is 0.0196 e. The number of thiophene rings is 1. The Kier molecular flexibility index (Phi) is 1.55. The number of hydrogen-bond donors (Lipinski definition) is 1. The van der Waals surface area contributed by atoms with Crippen LogP contribution in [0.1, 0.15) is 24.6 Å². The fourth-order valence-corrected chi connectivity index (χ4v) is 2.71. The average molecular weight is 167 g/mol. The summed E-state index contributed by atoms with van der Waals surface area (Å²) in [5.41, 5.74) is 6.30. The molecule has 2 heteroatoms. The van der Waals surface area contributed by atoms with Crippen LogP contribution in [0, 0.1) is 0 Å². The lowest BCUT2D eigenvalue weighted by atomic mass is 9.97. The van der Waals surface area contributed by atoms with Gasteiger partial charge in [0.15, 0.2) is 0 Å². The van der Waals surface area contributed by atoms with Gasteiger partial charge in [0.1, 0.15) is 0 Å². The molecule has 1 heterocycles. The van der Waals surface area contributed by atoms with Crippen molar-refractivity contribution in [1.29, 1.82) is 0 Å². The van der Waals surface area contributed by atoms with Gasteiger partial charge in [-0.2, -0.15) is 0 Å². The average Bonchev–Trinajstić information content (AvgIpc) is 2.61. The van der Waals surface area contributed by atoms with Crippen molar-refractivity contribution >= 4 is 11.3 Å². The van der Waals surface area contributed by atoms with Crippen LogP contribution in [0.5, 0.6) is 0 Å². The van der Waals surface area contributed by atoms with E-state index in [4.69, 9.17) is 5.73 Å². The minimum Gasteiger partial charge on any atom is -0.327 e. The molecule has 1 aromatic heterocycles. The van der Waals surface area contributed by atoms with Crippen molar-refractivity contribution in [2.45, 2.75) is 31.2 Å². The Morgan fingerprint density at radius 1 is 1.64 bits per heavy atom. The van der Waals surface area contributed by atoms with Crippen LogP contribution < -0.4 is 5.73 Å². The summed E-state index contributed by atoms with van der Waals surface area (Å²) in [6, 6.07) is 4.64. The quantitative estimate of drug-likeness (QED) is 0.717. The fraction of sp³-hybridized carbons (Fsp3) is 0.556. The van der Waals surface area contributed by atoms with Crippen molar-refractivity contribution < 1.29 is 0 Å². The first kappa shape index (κ1) is 7.32. The molecule has 1 fully saturated rings. The van der Waals surface area contributed by atoms with E-state index in [-0.39, 0.29) is 0 Å². The van der Waals surface area contributed by atoms with E-state index in [0.717, 1.165) is 0 Å². The van der Waals surface area contributed by atoms with Gasteiger partial charge >= 0.3 is 0 Å². The third kappa shape index (κ3) is 1.01. The normalized spacial score (nSPS) is 23.1. The molecule has 60 valence electrons. The molecule has 1 aliphatic carbocycles. The summed E-state index contributed by atoms with van der Waals surface area (Å²) in [4.78, 5) is 1.48. The van der Waals surface area contributed by atoms with Gasteiger partial charge in [-0.15, -0.1) is 11.3 Å². The van der Waals surface area contributed by atoms with E-state index in [0.29, 0.717) is 11.5 Å². The molecule has 0 radical (unpaired) electrons. The molecule has 1 aliphatic rings. The molecule has 1 nitrogen and oxygen atoms in total. The molecule has 1 unspecified atom stereocenters. The van der Waals surface area contributed by atoms with E-state index < -0.39 is 0 Å². The zero-order chi connectivity index (χ0) is 7.90. The highest BCUT2D eigenvalue weighted by atomic mass is 32.1. The minimum absolute atomic E-state index is 0.321.